The van der Waals surface area contributed by atoms with E-state index in [1.54, 1.807) is 13.2 Å². The number of anilines is 1. The van der Waals surface area contributed by atoms with Gasteiger partial charge in [-0.05, 0) is 47.7 Å². The molecule has 4 nitrogen and oxygen atoms in total. The molecule has 0 bridgehead atoms. The van der Waals surface area contributed by atoms with E-state index < -0.39 is 0 Å². The molecule has 0 fully saturated rings. The van der Waals surface area contributed by atoms with E-state index in [1.807, 2.05) is 43.3 Å². The Labute approximate surface area is 143 Å². The van der Waals surface area contributed by atoms with E-state index in [-0.39, 0.29) is 17.9 Å². The van der Waals surface area contributed by atoms with Crippen LogP contribution in [-0.2, 0) is 10.2 Å². The number of amides is 1. The quantitative estimate of drug-likeness (QED) is 0.890. The summed E-state index contributed by atoms with van der Waals surface area (Å²) in [6.45, 7) is 8.37. The highest BCUT2D eigenvalue weighted by molar-refractivity contribution is 5.91. The second kappa shape index (κ2) is 7.39. The van der Waals surface area contributed by atoms with Gasteiger partial charge in [-0.2, -0.15) is 0 Å². The number of rotatable bonds is 5. The van der Waals surface area contributed by atoms with Gasteiger partial charge in [-0.3, -0.25) is 4.79 Å². The van der Waals surface area contributed by atoms with Crippen LogP contribution in [0.15, 0.2) is 42.5 Å². The largest absolute Gasteiger partial charge is 0.493 e. The van der Waals surface area contributed by atoms with Crippen molar-refractivity contribution in [1.29, 1.82) is 0 Å². The average molecular weight is 327 g/mol. The molecule has 0 aliphatic carbocycles. The zero-order chi connectivity index (χ0) is 17.7. The Balaban J connectivity index is 1.94. The summed E-state index contributed by atoms with van der Waals surface area (Å²) in [6, 6.07) is 13.5. The molecule has 128 valence electrons. The smallest absolute Gasteiger partial charge is 0.262 e. The maximum atomic E-state index is 12.1. The van der Waals surface area contributed by atoms with Gasteiger partial charge in [0.15, 0.2) is 18.1 Å². The molecular formula is C20H25NO3. The van der Waals surface area contributed by atoms with Crippen molar-refractivity contribution in [1.82, 2.24) is 0 Å². The number of hydrogen-bond donors (Lipinski definition) is 1. The van der Waals surface area contributed by atoms with Crippen molar-refractivity contribution in [3.05, 3.63) is 53.6 Å². The zero-order valence-electron chi connectivity index (χ0n) is 15.0. The number of carbonyl (C=O) groups excluding carboxylic acids is 1. The maximum Gasteiger partial charge on any atom is 0.262 e. The molecule has 0 radical (unpaired) electrons. The van der Waals surface area contributed by atoms with Crippen molar-refractivity contribution in [3.63, 3.8) is 0 Å². The molecule has 2 rings (SSSR count). The average Bonchev–Trinajstić information content (AvgIpc) is 2.53. The number of ether oxygens (including phenoxy) is 2. The number of nitrogens with one attached hydrogen (secondary N) is 1. The summed E-state index contributed by atoms with van der Waals surface area (Å²) in [5, 5.41) is 2.83. The van der Waals surface area contributed by atoms with E-state index in [2.05, 4.69) is 26.1 Å². The summed E-state index contributed by atoms with van der Waals surface area (Å²) in [5.74, 6) is 0.972. The molecule has 0 aliphatic rings. The SMILES string of the molecule is COc1cc(C)ccc1OCC(=O)Nc1ccc(C(C)(C)C)cc1. The van der Waals surface area contributed by atoms with Gasteiger partial charge in [0.25, 0.3) is 5.91 Å². The minimum absolute atomic E-state index is 0.0690. The Morgan fingerprint density at radius 1 is 1.04 bits per heavy atom. The lowest BCUT2D eigenvalue weighted by atomic mass is 9.87. The molecule has 24 heavy (non-hydrogen) atoms. The van der Waals surface area contributed by atoms with Crippen LogP contribution in [0.1, 0.15) is 31.9 Å². The Morgan fingerprint density at radius 3 is 2.29 bits per heavy atom. The first-order chi connectivity index (χ1) is 11.3. The van der Waals surface area contributed by atoms with E-state index in [1.165, 1.54) is 5.56 Å². The predicted molar refractivity (Wildman–Crippen MR) is 97.0 cm³/mol. The normalized spacial score (nSPS) is 11.0. The lowest BCUT2D eigenvalue weighted by molar-refractivity contribution is -0.118. The lowest BCUT2D eigenvalue weighted by Crippen LogP contribution is -2.20. The molecule has 0 unspecified atom stereocenters. The van der Waals surface area contributed by atoms with Gasteiger partial charge in [0, 0.05) is 5.69 Å². The fourth-order valence-corrected chi connectivity index (χ4v) is 2.29. The first-order valence-corrected chi connectivity index (χ1v) is 7.97. The molecule has 0 saturated heterocycles. The molecule has 0 aromatic heterocycles. The van der Waals surface area contributed by atoms with E-state index in [0.717, 1.165) is 11.3 Å². The van der Waals surface area contributed by atoms with Gasteiger partial charge in [0.2, 0.25) is 0 Å². The van der Waals surface area contributed by atoms with Crippen LogP contribution in [0.3, 0.4) is 0 Å². The molecule has 0 heterocycles. The van der Waals surface area contributed by atoms with Crippen molar-refractivity contribution in [2.24, 2.45) is 0 Å². The van der Waals surface area contributed by atoms with Crippen LogP contribution in [0, 0.1) is 6.92 Å². The number of hydrogen-bond acceptors (Lipinski definition) is 3. The Hall–Kier alpha value is -2.49. The molecule has 2 aromatic carbocycles. The molecular weight excluding hydrogens is 302 g/mol. The third-order valence-electron chi connectivity index (χ3n) is 3.71. The van der Waals surface area contributed by atoms with Crippen molar-refractivity contribution in [2.75, 3.05) is 19.0 Å². The summed E-state index contributed by atoms with van der Waals surface area (Å²) >= 11 is 0. The van der Waals surface area contributed by atoms with Gasteiger partial charge in [-0.25, -0.2) is 0 Å². The highest BCUT2D eigenvalue weighted by atomic mass is 16.5. The van der Waals surface area contributed by atoms with Crippen LogP contribution >= 0.6 is 0 Å². The maximum absolute atomic E-state index is 12.1. The lowest BCUT2D eigenvalue weighted by Gasteiger charge is -2.19. The molecule has 0 atom stereocenters. The van der Waals surface area contributed by atoms with Crippen LogP contribution in [0.4, 0.5) is 5.69 Å². The number of carbonyl (C=O) groups is 1. The van der Waals surface area contributed by atoms with Crippen molar-refractivity contribution < 1.29 is 14.3 Å². The van der Waals surface area contributed by atoms with Crippen LogP contribution in [0.25, 0.3) is 0 Å². The van der Waals surface area contributed by atoms with Gasteiger partial charge >= 0.3 is 0 Å². The van der Waals surface area contributed by atoms with Crippen molar-refractivity contribution >= 4 is 11.6 Å². The standard InChI is InChI=1S/C20H25NO3/c1-14-6-11-17(18(12-14)23-5)24-13-19(22)21-16-9-7-15(8-10-16)20(2,3)4/h6-12H,13H2,1-5H3,(H,21,22). The minimum atomic E-state index is -0.207. The monoisotopic (exact) mass is 327 g/mol. The fourth-order valence-electron chi connectivity index (χ4n) is 2.29. The summed E-state index contributed by atoms with van der Waals surface area (Å²) in [7, 11) is 1.58. The third kappa shape index (κ3) is 4.75. The number of benzene rings is 2. The third-order valence-corrected chi connectivity index (χ3v) is 3.71. The Bertz CT molecular complexity index is 700. The van der Waals surface area contributed by atoms with E-state index in [4.69, 9.17) is 9.47 Å². The van der Waals surface area contributed by atoms with Crippen LogP contribution < -0.4 is 14.8 Å². The molecule has 0 aliphatic heterocycles. The number of methoxy groups -OCH3 is 1. The van der Waals surface area contributed by atoms with Gasteiger partial charge in [-0.1, -0.05) is 39.0 Å². The predicted octanol–water partition coefficient (Wildman–Crippen LogP) is 4.32. The van der Waals surface area contributed by atoms with Crippen LogP contribution in [-0.4, -0.2) is 19.6 Å². The fraction of sp³-hybridized carbons (Fsp3) is 0.350. The van der Waals surface area contributed by atoms with E-state index in [9.17, 15) is 4.79 Å². The van der Waals surface area contributed by atoms with Gasteiger partial charge in [0.1, 0.15) is 0 Å². The second-order valence-corrected chi connectivity index (χ2v) is 6.82. The highest BCUT2D eigenvalue weighted by Crippen LogP contribution is 2.28. The molecule has 1 amide bonds. The molecule has 0 saturated carbocycles. The van der Waals surface area contributed by atoms with Gasteiger partial charge in [0.05, 0.1) is 7.11 Å². The van der Waals surface area contributed by atoms with Gasteiger partial charge < -0.3 is 14.8 Å². The zero-order valence-corrected chi connectivity index (χ0v) is 15.0. The first-order valence-electron chi connectivity index (χ1n) is 7.97. The Morgan fingerprint density at radius 2 is 1.71 bits per heavy atom. The highest BCUT2D eigenvalue weighted by Gasteiger charge is 2.13. The summed E-state index contributed by atoms with van der Waals surface area (Å²) in [5.41, 5.74) is 3.14. The topological polar surface area (TPSA) is 47.6 Å². The molecule has 2 aromatic rings. The first kappa shape index (κ1) is 17.9. The van der Waals surface area contributed by atoms with Crippen LogP contribution in [0.5, 0.6) is 11.5 Å². The molecule has 1 N–H and O–H groups in total. The molecule has 0 spiro atoms. The van der Waals surface area contributed by atoms with E-state index in [0.29, 0.717) is 11.5 Å². The minimum Gasteiger partial charge on any atom is -0.493 e. The van der Waals surface area contributed by atoms with Crippen LogP contribution in [0.2, 0.25) is 0 Å². The Kier molecular flexibility index (Phi) is 5.50. The van der Waals surface area contributed by atoms with Crippen molar-refractivity contribution in [2.45, 2.75) is 33.1 Å². The molecule has 4 heteroatoms. The summed E-state index contributed by atoms with van der Waals surface area (Å²) in [6.07, 6.45) is 0. The van der Waals surface area contributed by atoms with Crippen molar-refractivity contribution in [3.8, 4) is 11.5 Å². The second-order valence-electron chi connectivity index (χ2n) is 6.82. The summed E-state index contributed by atoms with van der Waals surface area (Å²) < 4.78 is 10.8. The van der Waals surface area contributed by atoms with E-state index >= 15 is 0 Å². The number of aryl methyl sites for hydroxylation is 1. The summed E-state index contributed by atoms with van der Waals surface area (Å²) in [4.78, 5) is 12.1. The van der Waals surface area contributed by atoms with Gasteiger partial charge in [-0.15, -0.1) is 0 Å².